The number of aromatic nitrogens is 3. The molecule has 1 unspecified atom stereocenters. The highest BCUT2D eigenvalue weighted by Crippen LogP contribution is 2.32. The van der Waals surface area contributed by atoms with Crippen LogP contribution in [0.4, 0.5) is 5.82 Å². The van der Waals surface area contributed by atoms with Crippen molar-refractivity contribution in [2.24, 2.45) is 5.92 Å². The SMILES string of the molecule is CCc1c[nH]c2ncnc(N3CC(C(C)O)C3)c12. The van der Waals surface area contributed by atoms with Crippen LogP contribution in [0, 0.1) is 5.92 Å². The van der Waals surface area contributed by atoms with Crippen molar-refractivity contribution >= 4 is 16.9 Å². The summed E-state index contributed by atoms with van der Waals surface area (Å²) in [4.78, 5) is 14.1. The monoisotopic (exact) mass is 246 g/mol. The third-order valence-corrected chi connectivity index (χ3v) is 3.80. The Balaban J connectivity index is 1.95. The maximum absolute atomic E-state index is 9.55. The Kier molecular flexibility index (Phi) is 2.70. The van der Waals surface area contributed by atoms with Crippen molar-refractivity contribution in [1.29, 1.82) is 0 Å². The number of rotatable bonds is 3. The Morgan fingerprint density at radius 3 is 2.94 bits per heavy atom. The molecule has 5 nitrogen and oxygen atoms in total. The summed E-state index contributed by atoms with van der Waals surface area (Å²) in [5.41, 5.74) is 2.15. The van der Waals surface area contributed by atoms with Crippen molar-refractivity contribution < 1.29 is 5.11 Å². The average molecular weight is 246 g/mol. The van der Waals surface area contributed by atoms with Crippen LogP contribution in [-0.2, 0) is 6.42 Å². The van der Waals surface area contributed by atoms with E-state index in [4.69, 9.17) is 0 Å². The first-order valence-electron chi connectivity index (χ1n) is 6.44. The molecule has 1 aliphatic rings. The summed E-state index contributed by atoms with van der Waals surface area (Å²) in [7, 11) is 0. The number of aliphatic hydroxyl groups is 1. The molecule has 0 saturated carbocycles. The van der Waals surface area contributed by atoms with E-state index in [0.29, 0.717) is 5.92 Å². The Bertz CT molecular complexity index is 557. The van der Waals surface area contributed by atoms with E-state index >= 15 is 0 Å². The van der Waals surface area contributed by atoms with E-state index in [0.717, 1.165) is 36.4 Å². The van der Waals surface area contributed by atoms with Crippen molar-refractivity contribution in [2.45, 2.75) is 26.4 Å². The summed E-state index contributed by atoms with van der Waals surface area (Å²) in [6, 6.07) is 0. The topological polar surface area (TPSA) is 65.0 Å². The van der Waals surface area contributed by atoms with Gasteiger partial charge in [-0.3, -0.25) is 0 Å². The van der Waals surface area contributed by atoms with Crippen LogP contribution in [0.1, 0.15) is 19.4 Å². The molecular formula is C13H18N4O. The van der Waals surface area contributed by atoms with Gasteiger partial charge in [-0.1, -0.05) is 6.92 Å². The van der Waals surface area contributed by atoms with Crippen LogP contribution < -0.4 is 4.90 Å². The molecule has 1 fully saturated rings. The summed E-state index contributed by atoms with van der Waals surface area (Å²) >= 11 is 0. The van der Waals surface area contributed by atoms with Crippen LogP contribution in [0.15, 0.2) is 12.5 Å². The number of hydrogen-bond acceptors (Lipinski definition) is 4. The Labute approximate surface area is 106 Å². The predicted molar refractivity (Wildman–Crippen MR) is 70.7 cm³/mol. The molecule has 0 aliphatic carbocycles. The van der Waals surface area contributed by atoms with Gasteiger partial charge in [0.1, 0.15) is 17.8 Å². The predicted octanol–water partition coefficient (Wildman–Crippen LogP) is 1.34. The zero-order valence-electron chi connectivity index (χ0n) is 10.7. The maximum Gasteiger partial charge on any atom is 0.143 e. The number of hydrogen-bond donors (Lipinski definition) is 2. The number of aliphatic hydroxyl groups excluding tert-OH is 1. The third kappa shape index (κ3) is 1.66. The first kappa shape index (κ1) is 11.5. The molecule has 2 N–H and O–H groups in total. The molecule has 5 heteroatoms. The second-order valence-corrected chi connectivity index (χ2v) is 4.99. The molecular weight excluding hydrogens is 228 g/mol. The minimum atomic E-state index is -0.240. The summed E-state index contributed by atoms with van der Waals surface area (Å²) in [5.74, 6) is 1.36. The highest BCUT2D eigenvalue weighted by molar-refractivity contribution is 5.91. The van der Waals surface area contributed by atoms with Crippen LogP contribution in [0.2, 0.25) is 0 Å². The van der Waals surface area contributed by atoms with Gasteiger partial charge in [0.25, 0.3) is 0 Å². The number of nitrogens with one attached hydrogen (secondary N) is 1. The van der Waals surface area contributed by atoms with Gasteiger partial charge in [0.05, 0.1) is 11.5 Å². The standard InChI is InChI=1S/C13H18N4O/c1-3-9-4-14-12-11(9)13(16-7-15-12)17-5-10(6-17)8(2)18/h4,7-8,10,18H,3,5-6H2,1-2H3,(H,14,15,16). The van der Waals surface area contributed by atoms with E-state index in [1.807, 2.05) is 13.1 Å². The van der Waals surface area contributed by atoms with E-state index in [1.54, 1.807) is 6.33 Å². The Morgan fingerprint density at radius 1 is 1.50 bits per heavy atom. The number of H-pyrrole nitrogens is 1. The van der Waals surface area contributed by atoms with E-state index in [-0.39, 0.29) is 6.10 Å². The van der Waals surface area contributed by atoms with Crippen molar-refractivity contribution in [3.05, 3.63) is 18.1 Å². The maximum atomic E-state index is 9.55. The lowest BCUT2D eigenvalue weighted by molar-refractivity contribution is 0.107. The van der Waals surface area contributed by atoms with Gasteiger partial charge in [0, 0.05) is 25.2 Å². The number of aromatic amines is 1. The molecule has 96 valence electrons. The smallest absolute Gasteiger partial charge is 0.143 e. The molecule has 0 spiro atoms. The number of fused-ring (bicyclic) bond motifs is 1. The van der Waals surface area contributed by atoms with Crippen LogP contribution in [0.3, 0.4) is 0 Å². The molecule has 2 aromatic rings. The fraction of sp³-hybridized carbons (Fsp3) is 0.538. The average Bonchev–Trinajstić information content (AvgIpc) is 2.70. The molecule has 2 aromatic heterocycles. The molecule has 0 bridgehead atoms. The minimum Gasteiger partial charge on any atom is -0.393 e. The van der Waals surface area contributed by atoms with Crippen molar-refractivity contribution in [3.8, 4) is 0 Å². The fourth-order valence-corrected chi connectivity index (χ4v) is 2.52. The molecule has 3 heterocycles. The largest absolute Gasteiger partial charge is 0.393 e. The van der Waals surface area contributed by atoms with Gasteiger partial charge in [-0.2, -0.15) is 0 Å². The second-order valence-electron chi connectivity index (χ2n) is 4.99. The van der Waals surface area contributed by atoms with Crippen LogP contribution >= 0.6 is 0 Å². The molecule has 18 heavy (non-hydrogen) atoms. The summed E-state index contributed by atoms with van der Waals surface area (Å²) in [6.45, 7) is 5.73. The van der Waals surface area contributed by atoms with E-state index < -0.39 is 0 Å². The van der Waals surface area contributed by atoms with Gasteiger partial charge in [-0.25, -0.2) is 9.97 Å². The zero-order chi connectivity index (χ0) is 12.7. The summed E-state index contributed by atoms with van der Waals surface area (Å²) in [5, 5.41) is 10.7. The first-order valence-corrected chi connectivity index (χ1v) is 6.44. The van der Waals surface area contributed by atoms with Gasteiger partial charge >= 0.3 is 0 Å². The molecule has 0 amide bonds. The van der Waals surface area contributed by atoms with Gasteiger partial charge in [0.2, 0.25) is 0 Å². The number of anilines is 1. The number of nitrogens with zero attached hydrogens (tertiary/aromatic N) is 3. The Hall–Kier alpha value is -1.62. The van der Waals surface area contributed by atoms with Crippen molar-refractivity contribution in [2.75, 3.05) is 18.0 Å². The third-order valence-electron chi connectivity index (χ3n) is 3.80. The molecule has 1 atom stereocenters. The zero-order valence-corrected chi connectivity index (χ0v) is 10.7. The van der Waals surface area contributed by atoms with E-state index in [9.17, 15) is 5.11 Å². The lowest BCUT2D eigenvalue weighted by atomic mass is 9.94. The molecule has 1 aliphatic heterocycles. The quantitative estimate of drug-likeness (QED) is 0.857. The normalized spacial score (nSPS) is 18.1. The lowest BCUT2D eigenvalue weighted by Gasteiger charge is -2.41. The fourth-order valence-electron chi connectivity index (χ4n) is 2.52. The molecule has 0 aromatic carbocycles. The second kappa shape index (κ2) is 4.24. The Morgan fingerprint density at radius 2 is 2.28 bits per heavy atom. The van der Waals surface area contributed by atoms with Gasteiger partial charge < -0.3 is 15.0 Å². The molecule has 1 saturated heterocycles. The highest BCUT2D eigenvalue weighted by Gasteiger charge is 2.32. The molecule has 0 radical (unpaired) electrons. The summed E-state index contributed by atoms with van der Waals surface area (Å²) in [6.07, 6.45) is 4.34. The van der Waals surface area contributed by atoms with Gasteiger partial charge in [0.15, 0.2) is 0 Å². The van der Waals surface area contributed by atoms with E-state index in [2.05, 4.69) is 26.8 Å². The van der Waals surface area contributed by atoms with Crippen LogP contribution in [-0.4, -0.2) is 39.3 Å². The first-order chi connectivity index (χ1) is 8.70. The van der Waals surface area contributed by atoms with Gasteiger partial charge in [-0.05, 0) is 18.9 Å². The van der Waals surface area contributed by atoms with Crippen LogP contribution in [0.25, 0.3) is 11.0 Å². The summed E-state index contributed by atoms with van der Waals surface area (Å²) < 4.78 is 0. The van der Waals surface area contributed by atoms with Gasteiger partial charge in [-0.15, -0.1) is 0 Å². The van der Waals surface area contributed by atoms with Crippen molar-refractivity contribution in [1.82, 2.24) is 15.0 Å². The lowest BCUT2D eigenvalue weighted by Crippen LogP contribution is -2.51. The highest BCUT2D eigenvalue weighted by atomic mass is 16.3. The minimum absolute atomic E-state index is 0.240. The molecule has 3 rings (SSSR count). The van der Waals surface area contributed by atoms with Crippen LogP contribution in [0.5, 0.6) is 0 Å². The number of aryl methyl sites for hydroxylation is 1. The van der Waals surface area contributed by atoms with Crippen molar-refractivity contribution in [3.63, 3.8) is 0 Å². The van der Waals surface area contributed by atoms with E-state index in [1.165, 1.54) is 5.56 Å².